The number of carbonyl (C=O) groups excluding carboxylic acids is 1. The summed E-state index contributed by atoms with van der Waals surface area (Å²) in [5.74, 6) is -1.74. The third-order valence-corrected chi connectivity index (χ3v) is 7.84. The van der Waals surface area contributed by atoms with Gasteiger partial charge in [-0.1, -0.05) is 12.1 Å². The molecule has 0 fully saturated rings. The molecule has 1 N–H and O–H groups in total. The van der Waals surface area contributed by atoms with Crippen molar-refractivity contribution in [2.75, 3.05) is 16.7 Å². The van der Waals surface area contributed by atoms with Gasteiger partial charge in [0.25, 0.3) is 10.0 Å². The highest BCUT2D eigenvalue weighted by atomic mass is 32.2. The average Bonchev–Trinajstić information content (AvgIpc) is 3.12. The Morgan fingerprint density at radius 3 is 2.23 bits per heavy atom. The number of rotatable bonds is 5. The number of sulfonamides is 1. The summed E-state index contributed by atoms with van der Waals surface area (Å²) in [6, 6.07) is 9.46. The number of hydrogen-bond donors (Lipinski definition) is 1. The van der Waals surface area contributed by atoms with E-state index in [-0.39, 0.29) is 39.7 Å². The van der Waals surface area contributed by atoms with Gasteiger partial charge in [0.05, 0.1) is 35.5 Å². The van der Waals surface area contributed by atoms with Gasteiger partial charge in [-0.3, -0.25) is 4.31 Å². The van der Waals surface area contributed by atoms with Gasteiger partial charge < -0.3 is 14.8 Å². The van der Waals surface area contributed by atoms with Crippen molar-refractivity contribution in [1.82, 2.24) is 15.0 Å². The Kier molecular flexibility index (Phi) is 7.37. The molecule has 0 saturated heterocycles. The Morgan fingerprint density at radius 1 is 0.953 bits per heavy atom. The number of methoxy groups -OCH3 is 1. The quantitative estimate of drug-likeness (QED) is 0.220. The number of aromatic nitrogens is 3. The molecule has 43 heavy (non-hydrogen) atoms. The van der Waals surface area contributed by atoms with Crippen LogP contribution in [0.15, 0.2) is 71.9 Å². The fourth-order valence-electron chi connectivity index (χ4n) is 4.17. The molecule has 224 valence electrons. The zero-order chi connectivity index (χ0) is 31.2. The molecule has 0 atom stereocenters. The van der Waals surface area contributed by atoms with Crippen LogP contribution in [0.25, 0.3) is 11.4 Å². The maximum atomic E-state index is 14.0. The molecule has 0 spiro atoms. The van der Waals surface area contributed by atoms with E-state index in [1.807, 2.05) is 0 Å². The Hall–Kier alpha value is -4.93. The lowest BCUT2D eigenvalue weighted by atomic mass is 10.1. The Labute approximate surface area is 239 Å². The van der Waals surface area contributed by atoms with Crippen molar-refractivity contribution < 1.29 is 49.0 Å². The normalized spacial score (nSPS) is 13.3. The molecule has 2 aromatic carbocycles. The van der Waals surface area contributed by atoms with E-state index in [0.717, 1.165) is 54.1 Å². The van der Waals surface area contributed by atoms with Crippen LogP contribution in [0.3, 0.4) is 0 Å². The number of pyridine rings is 1. The summed E-state index contributed by atoms with van der Waals surface area (Å²) < 4.78 is 116. The first-order valence-electron chi connectivity index (χ1n) is 11.9. The van der Waals surface area contributed by atoms with Crippen molar-refractivity contribution in [2.24, 2.45) is 0 Å². The molecule has 2 aromatic heterocycles. The zero-order valence-electron chi connectivity index (χ0n) is 21.6. The predicted octanol–water partition coefficient (Wildman–Crippen LogP) is 5.70. The molecule has 0 radical (unpaired) electrons. The Bertz CT molecular complexity index is 1800. The molecule has 0 unspecified atom stereocenters. The third kappa shape index (κ3) is 6.01. The summed E-state index contributed by atoms with van der Waals surface area (Å²) in [6.07, 6.45) is -7.53. The van der Waals surface area contributed by atoms with Crippen molar-refractivity contribution >= 4 is 33.2 Å². The second-order valence-corrected chi connectivity index (χ2v) is 10.7. The van der Waals surface area contributed by atoms with E-state index in [0.29, 0.717) is 6.07 Å². The van der Waals surface area contributed by atoms with E-state index in [1.165, 1.54) is 18.2 Å². The zero-order valence-corrected chi connectivity index (χ0v) is 22.4. The number of para-hydroxylation sites is 1. The maximum absolute atomic E-state index is 14.0. The number of carbonyl (C=O) groups is 1. The van der Waals surface area contributed by atoms with Crippen molar-refractivity contribution in [2.45, 2.75) is 24.0 Å². The number of ether oxygens (including phenoxy) is 2. The summed E-state index contributed by atoms with van der Waals surface area (Å²) in [5, 5.41) is 2.76. The molecule has 10 nitrogen and oxygen atoms in total. The lowest BCUT2D eigenvalue weighted by molar-refractivity contribution is -0.274. The minimum atomic E-state index is -5.01. The topological polar surface area (TPSA) is 124 Å². The second kappa shape index (κ2) is 10.7. The molecule has 0 amide bonds. The van der Waals surface area contributed by atoms with E-state index in [4.69, 9.17) is 0 Å². The van der Waals surface area contributed by atoms with Crippen LogP contribution in [0.2, 0.25) is 0 Å². The smallest absolute Gasteiger partial charge is 0.465 e. The SMILES string of the molecule is COC(=O)c1cnc(-c2cccc3c2N(S(=O)(=O)c2ccc(OC(F)(F)F)cc2)Cc2ccc(C(F)(F)F)nc2N3)nc1. The summed E-state index contributed by atoms with van der Waals surface area (Å²) in [4.78, 5) is 23.3. The molecule has 1 aliphatic heterocycles. The third-order valence-electron chi connectivity index (χ3n) is 6.08. The number of benzene rings is 2. The van der Waals surface area contributed by atoms with E-state index < -0.39 is 51.4 Å². The summed E-state index contributed by atoms with van der Waals surface area (Å²) in [6.45, 7) is -0.541. The number of alkyl halides is 6. The second-order valence-electron chi connectivity index (χ2n) is 8.85. The molecule has 0 saturated carbocycles. The summed E-state index contributed by atoms with van der Waals surface area (Å²) in [7, 11) is -3.47. The van der Waals surface area contributed by atoms with E-state index >= 15 is 0 Å². The van der Waals surface area contributed by atoms with Gasteiger partial charge in [0, 0.05) is 23.5 Å². The molecule has 0 aliphatic carbocycles. The highest BCUT2D eigenvalue weighted by Crippen LogP contribution is 2.44. The van der Waals surface area contributed by atoms with Gasteiger partial charge in [0.2, 0.25) is 0 Å². The van der Waals surface area contributed by atoms with Gasteiger partial charge in [-0.15, -0.1) is 13.2 Å². The number of anilines is 3. The highest BCUT2D eigenvalue weighted by molar-refractivity contribution is 7.92. The van der Waals surface area contributed by atoms with Crippen molar-refractivity contribution in [3.63, 3.8) is 0 Å². The minimum absolute atomic E-state index is 0.00400. The molecule has 1 aliphatic rings. The maximum Gasteiger partial charge on any atom is 0.573 e. The fraction of sp³-hybridized carbons (Fsp3) is 0.154. The van der Waals surface area contributed by atoms with Crippen LogP contribution in [-0.2, 0) is 27.5 Å². The number of nitrogens with one attached hydrogen (secondary N) is 1. The average molecular weight is 626 g/mol. The van der Waals surface area contributed by atoms with E-state index in [9.17, 15) is 39.6 Å². The molecular weight excluding hydrogens is 608 g/mol. The predicted molar refractivity (Wildman–Crippen MR) is 138 cm³/mol. The highest BCUT2D eigenvalue weighted by Gasteiger charge is 2.37. The molecule has 0 bridgehead atoms. The first kappa shape index (κ1) is 29.6. The van der Waals surface area contributed by atoms with Crippen LogP contribution in [-0.4, -0.2) is 42.8 Å². The molecular formula is C26H17F6N5O5S. The van der Waals surface area contributed by atoms with Gasteiger partial charge in [0.15, 0.2) is 5.82 Å². The van der Waals surface area contributed by atoms with Crippen molar-refractivity contribution in [3.05, 3.63) is 83.8 Å². The largest absolute Gasteiger partial charge is 0.573 e. The molecule has 4 aromatic rings. The summed E-state index contributed by atoms with van der Waals surface area (Å²) in [5.41, 5.74) is -1.19. The summed E-state index contributed by atoms with van der Waals surface area (Å²) >= 11 is 0. The van der Waals surface area contributed by atoms with Gasteiger partial charge in [0.1, 0.15) is 17.3 Å². The lowest BCUT2D eigenvalue weighted by Crippen LogP contribution is -2.31. The number of nitrogens with zero attached hydrogens (tertiary/aromatic N) is 4. The van der Waals surface area contributed by atoms with Crippen LogP contribution in [0, 0.1) is 0 Å². The van der Waals surface area contributed by atoms with Crippen LogP contribution in [0.4, 0.5) is 43.5 Å². The van der Waals surface area contributed by atoms with Crippen molar-refractivity contribution in [3.8, 4) is 17.1 Å². The number of esters is 1. The lowest BCUT2D eigenvalue weighted by Gasteiger charge is -2.26. The number of halogens is 6. The molecule has 3 heterocycles. The van der Waals surface area contributed by atoms with E-state index in [2.05, 4.69) is 29.7 Å². The van der Waals surface area contributed by atoms with Crippen LogP contribution in [0.5, 0.6) is 5.75 Å². The monoisotopic (exact) mass is 625 g/mol. The first-order valence-corrected chi connectivity index (χ1v) is 13.4. The fourth-order valence-corrected chi connectivity index (χ4v) is 5.65. The standard InChI is InChI=1S/C26H17F6N5O5S/c1-41-24(38)15-11-33-23(34-12-15)18-3-2-4-19-21(18)37(13-14-5-10-20(25(27,28)29)36-22(14)35-19)43(39,40)17-8-6-16(7-9-17)42-26(30,31)32/h2-12H,13H2,1H3,(H,35,36). The number of fused-ring (bicyclic) bond motifs is 2. The van der Waals surface area contributed by atoms with Crippen molar-refractivity contribution in [1.29, 1.82) is 0 Å². The molecule has 5 rings (SSSR count). The van der Waals surface area contributed by atoms with Crippen LogP contribution in [0.1, 0.15) is 21.6 Å². The Morgan fingerprint density at radius 2 is 1.63 bits per heavy atom. The molecule has 17 heteroatoms. The minimum Gasteiger partial charge on any atom is -0.465 e. The van der Waals surface area contributed by atoms with Crippen LogP contribution >= 0.6 is 0 Å². The first-order chi connectivity index (χ1) is 20.2. The van der Waals surface area contributed by atoms with E-state index in [1.54, 1.807) is 0 Å². The van der Waals surface area contributed by atoms with Gasteiger partial charge in [-0.2, -0.15) is 13.2 Å². The number of hydrogen-bond acceptors (Lipinski definition) is 9. The van der Waals surface area contributed by atoms with Gasteiger partial charge >= 0.3 is 18.5 Å². The van der Waals surface area contributed by atoms with Crippen LogP contribution < -0.4 is 14.4 Å². The van der Waals surface area contributed by atoms with Gasteiger partial charge in [-0.25, -0.2) is 28.2 Å². The Balaban J connectivity index is 1.68. The van der Waals surface area contributed by atoms with Gasteiger partial charge in [-0.05, 0) is 42.5 Å².